The number of imidazole rings is 1. The number of fused-ring (bicyclic) bond motifs is 3. The van der Waals surface area contributed by atoms with Crippen molar-refractivity contribution in [1.82, 2.24) is 9.55 Å². The van der Waals surface area contributed by atoms with Gasteiger partial charge in [-0.15, -0.1) is 0 Å². The molecular weight excluding hydrogens is 388 g/mol. The first kappa shape index (κ1) is 19.2. The molecule has 0 saturated heterocycles. The van der Waals surface area contributed by atoms with E-state index in [0.29, 0.717) is 11.3 Å². The highest BCUT2D eigenvalue weighted by atomic mass is 16.5. The summed E-state index contributed by atoms with van der Waals surface area (Å²) < 4.78 is 7.64. The Hall–Kier alpha value is -3.80. The summed E-state index contributed by atoms with van der Waals surface area (Å²) in [6.45, 7) is 2.62. The van der Waals surface area contributed by atoms with Crippen LogP contribution in [0.4, 0.5) is 11.4 Å². The van der Waals surface area contributed by atoms with Crippen molar-refractivity contribution in [1.29, 1.82) is 0 Å². The van der Waals surface area contributed by atoms with Gasteiger partial charge in [-0.05, 0) is 48.9 Å². The number of aryl methyl sites for hydroxylation is 1. The molecule has 0 radical (unpaired) electrons. The second kappa shape index (κ2) is 8.14. The first-order valence-electron chi connectivity index (χ1n) is 10.5. The zero-order valence-corrected chi connectivity index (χ0v) is 17.4. The van der Waals surface area contributed by atoms with Gasteiger partial charge in [0.15, 0.2) is 0 Å². The highest BCUT2D eigenvalue weighted by Gasteiger charge is 2.19. The number of ether oxygens (including phenoxy) is 1. The summed E-state index contributed by atoms with van der Waals surface area (Å²) in [6, 6.07) is 23.5. The Morgan fingerprint density at radius 1 is 1.00 bits per heavy atom. The maximum absolute atomic E-state index is 12.8. The van der Waals surface area contributed by atoms with E-state index in [4.69, 9.17) is 9.72 Å². The van der Waals surface area contributed by atoms with Crippen molar-refractivity contribution in [2.45, 2.75) is 19.5 Å². The molecule has 0 fully saturated rings. The number of benzene rings is 3. The lowest BCUT2D eigenvalue weighted by molar-refractivity contribution is 0.102. The Kier molecular flexibility index (Phi) is 5.04. The third-order valence-corrected chi connectivity index (χ3v) is 5.70. The molecule has 156 valence electrons. The molecule has 5 rings (SSSR count). The highest BCUT2D eigenvalue weighted by Crippen LogP contribution is 2.27. The number of para-hydroxylation sites is 3. The van der Waals surface area contributed by atoms with Gasteiger partial charge in [0.1, 0.15) is 11.6 Å². The molecule has 6 nitrogen and oxygen atoms in total. The molecule has 1 aromatic heterocycles. The molecule has 1 amide bonds. The summed E-state index contributed by atoms with van der Waals surface area (Å²) in [4.78, 5) is 20.0. The van der Waals surface area contributed by atoms with Crippen LogP contribution in [0.5, 0.6) is 5.75 Å². The summed E-state index contributed by atoms with van der Waals surface area (Å²) in [6.07, 6.45) is 1.03. The average molecular weight is 412 g/mol. The van der Waals surface area contributed by atoms with Crippen LogP contribution >= 0.6 is 0 Å². The molecule has 0 spiro atoms. The minimum Gasteiger partial charge on any atom is -0.496 e. The van der Waals surface area contributed by atoms with Crippen LogP contribution < -0.4 is 15.0 Å². The van der Waals surface area contributed by atoms with Gasteiger partial charge in [-0.1, -0.05) is 30.3 Å². The third kappa shape index (κ3) is 3.72. The van der Waals surface area contributed by atoms with E-state index in [1.165, 1.54) is 5.52 Å². The lowest BCUT2D eigenvalue weighted by Crippen LogP contribution is -2.23. The Morgan fingerprint density at radius 2 is 1.84 bits per heavy atom. The lowest BCUT2D eigenvalue weighted by Gasteiger charge is -2.22. The van der Waals surface area contributed by atoms with Gasteiger partial charge in [-0.2, -0.15) is 0 Å². The molecule has 1 aliphatic rings. The van der Waals surface area contributed by atoms with Gasteiger partial charge >= 0.3 is 0 Å². The summed E-state index contributed by atoms with van der Waals surface area (Å²) in [5.74, 6) is 1.44. The normalized spacial score (nSPS) is 13.5. The second-order valence-electron chi connectivity index (χ2n) is 7.65. The number of amides is 1. The molecule has 0 aliphatic carbocycles. The van der Waals surface area contributed by atoms with Gasteiger partial charge in [0.05, 0.1) is 30.3 Å². The summed E-state index contributed by atoms with van der Waals surface area (Å²) in [5.41, 5.74) is 4.57. The number of carbonyl (C=O) groups is 1. The van der Waals surface area contributed by atoms with Crippen LogP contribution in [0, 0.1) is 0 Å². The fraction of sp³-hybridized carbons (Fsp3) is 0.200. The topological polar surface area (TPSA) is 59.4 Å². The van der Waals surface area contributed by atoms with Gasteiger partial charge in [-0.25, -0.2) is 4.98 Å². The van der Waals surface area contributed by atoms with Gasteiger partial charge in [0.25, 0.3) is 5.91 Å². The average Bonchev–Trinajstić information content (AvgIpc) is 3.01. The molecule has 1 N–H and O–H groups in total. The molecular formula is C25H24N4O2. The standard InChI is InChI=1S/C25H24N4O2/c1-31-23-13-5-2-10-20(23)25(30)26-18-8-6-9-19(16-18)28-14-7-15-29-22-12-4-3-11-21(22)27-24(29)17-28/h2-6,8-13,16H,7,14-15,17H2,1H3,(H,26,30). The van der Waals surface area contributed by atoms with E-state index in [1.807, 2.05) is 36.4 Å². The van der Waals surface area contributed by atoms with Gasteiger partial charge < -0.3 is 19.5 Å². The summed E-state index contributed by atoms with van der Waals surface area (Å²) in [7, 11) is 1.57. The van der Waals surface area contributed by atoms with E-state index in [-0.39, 0.29) is 5.91 Å². The van der Waals surface area contributed by atoms with Crippen molar-refractivity contribution in [3.63, 3.8) is 0 Å². The zero-order valence-electron chi connectivity index (χ0n) is 17.4. The number of carbonyl (C=O) groups excluding carboxylic acids is 1. The molecule has 0 saturated carbocycles. The van der Waals surface area contributed by atoms with E-state index >= 15 is 0 Å². The Morgan fingerprint density at radius 3 is 2.74 bits per heavy atom. The van der Waals surface area contributed by atoms with Gasteiger partial charge in [0, 0.05) is 24.5 Å². The van der Waals surface area contributed by atoms with Crippen molar-refractivity contribution in [3.05, 3.63) is 84.2 Å². The van der Waals surface area contributed by atoms with Crippen LogP contribution in [0.3, 0.4) is 0 Å². The van der Waals surface area contributed by atoms with Gasteiger partial charge in [-0.3, -0.25) is 4.79 Å². The van der Waals surface area contributed by atoms with Crippen LogP contribution in [-0.2, 0) is 13.1 Å². The fourth-order valence-electron chi connectivity index (χ4n) is 4.20. The quantitative estimate of drug-likeness (QED) is 0.528. The van der Waals surface area contributed by atoms with Gasteiger partial charge in [0.2, 0.25) is 0 Å². The predicted octanol–water partition coefficient (Wildman–Crippen LogP) is 4.71. The van der Waals surface area contributed by atoms with E-state index in [0.717, 1.165) is 48.8 Å². The van der Waals surface area contributed by atoms with E-state index in [9.17, 15) is 4.79 Å². The molecule has 0 unspecified atom stereocenters. The summed E-state index contributed by atoms with van der Waals surface area (Å²) >= 11 is 0. The number of anilines is 2. The maximum atomic E-state index is 12.8. The number of hydrogen-bond donors (Lipinski definition) is 1. The van der Waals surface area contributed by atoms with E-state index < -0.39 is 0 Å². The molecule has 6 heteroatoms. The van der Waals surface area contributed by atoms with Crippen LogP contribution in [0.25, 0.3) is 11.0 Å². The Bertz CT molecular complexity index is 1250. The molecule has 4 aromatic rings. The SMILES string of the molecule is COc1ccccc1C(=O)Nc1cccc(N2CCCn3c(nc4ccccc43)C2)c1. The van der Waals surface area contributed by atoms with Crippen LogP contribution in [0.1, 0.15) is 22.6 Å². The van der Waals surface area contributed by atoms with Crippen molar-refractivity contribution in [2.24, 2.45) is 0 Å². The van der Waals surface area contributed by atoms with E-state index in [2.05, 4.69) is 39.0 Å². The second-order valence-corrected chi connectivity index (χ2v) is 7.65. The largest absolute Gasteiger partial charge is 0.496 e. The molecule has 1 aliphatic heterocycles. The highest BCUT2D eigenvalue weighted by molar-refractivity contribution is 6.06. The number of aromatic nitrogens is 2. The van der Waals surface area contributed by atoms with Crippen LogP contribution in [0.15, 0.2) is 72.8 Å². The van der Waals surface area contributed by atoms with Crippen molar-refractivity contribution >= 4 is 28.3 Å². The Balaban J connectivity index is 1.39. The van der Waals surface area contributed by atoms with Crippen LogP contribution in [0.2, 0.25) is 0 Å². The molecule has 0 bridgehead atoms. The first-order chi connectivity index (χ1) is 15.2. The van der Waals surface area contributed by atoms with E-state index in [1.54, 1.807) is 19.2 Å². The maximum Gasteiger partial charge on any atom is 0.259 e. The van der Waals surface area contributed by atoms with Crippen molar-refractivity contribution < 1.29 is 9.53 Å². The summed E-state index contributed by atoms with van der Waals surface area (Å²) in [5, 5.41) is 3.00. The minimum atomic E-state index is -0.188. The number of hydrogen-bond acceptors (Lipinski definition) is 4. The Labute approximate surface area is 181 Å². The molecule has 3 aromatic carbocycles. The third-order valence-electron chi connectivity index (χ3n) is 5.70. The molecule has 0 atom stereocenters. The van der Waals surface area contributed by atoms with Crippen molar-refractivity contribution in [3.8, 4) is 5.75 Å². The molecule has 31 heavy (non-hydrogen) atoms. The lowest BCUT2D eigenvalue weighted by atomic mass is 10.1. The van der Waals surface area contributed by atoms with Crippen LogP contribution in [-0.4, -0.2) is 29.1 Å². The van der Waals surface area contributed by atoms with Crippen molar-refractivity contribution in [2.75, 3.05) is 23.9 Å². The number of nitrogens with one attached hydrogen (secondary N) is 1. The fourth-order valence-corrected chi connectivity index (χ4v) is 4.20. The smallest absolute Gasteiger partial charge is 0.259 e. The monoisotopic (exact) mass is 412 g/mol. The number of methoxy groups -OCH3 is 1. The number of nitrogens with zero attached hydrogens (tertiary/aromatic N) is 3. The predicted molar refractivity (Wildman–Crippen MR) is 123 cm³/mol. The minimum absolute atomic E-state index is 0.188. The number of rotatable bonds is 4. The first-order valence-corrected chi connectivity index (χ1v) is 10.5. The molecule has 2 heterocycles. The zero-order chi connectivity index (χ0) is 21.2.